The number of anilines is 1. The number of aryl methyl sites for hydroxylation is 1. The molecule has 1 aliphatic rings. The molecule has 100 valence electrons. The van der Waals surface area contributed by atoms with Crippen molar-refractivity contribution >= 4 is 5.69 Å². The molecule has 1 aromatic heterocycles. The van der Waals surface area contributed by atoms with Gasteiger partial charge in [0.15, 0.2) is 0 Å². The summed E-state index contributed by atoms with van der Waals surface area (Å²) < 4.78 is 1.94. The average molecular weight is 257 g/mol. The molecule has 0 amide bonds. The van der Waals surface area contributed by atoms with Crippen LogP contribution in [0.4, 0.5) is 5.69 Å². The Labute approximate surface area is 113 Å². The largest absolute Gasteiger partial charge is 0.364 e. The summed E-state index contributed by atoms with van der Waals surface area (Å²) in [5, 5.41) is 4.23. The van der Waals surface area contributed by atoms with Gasteiger partial charge < -0.3 is 10.6 Å². The van der Waals surface area contributed by atoms with E-state index in [2.05, 4.69) is 46.2 Å². The van der Waals surface area contributed by atoms with E-state index in [4.69, 9.17) is 5.73 Å². The first-order valence-corrected chi connectivity index (χ1v) is 6.75. The van der Waals surface area contributed by atoms with Gasteiger partial charge in [0.2, 0.25) is 0 Å². The maximum Gasteiger partial charge on any atom is 0.146 e. The Hall–Kier alpha value is -1.88. The van der Waals surface area contributed by atoms with Crippen LogP contribution in [0.2, 0.25) is 0 Å². The van der Waals surface area contributed by atoms with Crippen LogP contribution in [-0.2, 0) is 13.1 Å². The molecule has 19 heavy (non-hydrogen) atoms. The first-order valence-electron chi connectivity index (χ1n) is 6.75. The van der Waals surface area contributed by atoms with Crippen molar-refractivity contribution in [3.05, 3.63) is 42.0 Å². The number of nitrogens with two attached hydrogens (primary N) is 1. The van der Waals surface area contributed by atoms with Crippen molar-refractivity contribution in [3.8, 4) is 0 Å². The highest BCUT2D eigenvalue weighted by molar-refractivity contribution is 5.56. The minimum Gasteiger partial charge on any atom is -0.364 e. The Morgan fingerprint density at radius 2 is 2.21 bits per heavy atom. The van der Waals surface area contributed by atoms with Gasteiger partial charge in [-0.15, -0.1) is 0 Å². The molecule has 0 saturated carbocycles. The van der Waals surface area contributed by atoms with Crippen LogP contribution in [0, 0.1) is 0 Å². The fourth-order valence-electron chi connectivity index (χ4n) is 2.67. The monoisotopic (exact) mass is 257 g/mol. The molecule has 2 N–H and O–H groups in total. The van der Waals surface area contributed by atoms with Gasteiger partial charge in [0.05, 0.1) is 6.54 Å². The summed E-state index contributed by atoms with van der Waals surface area (Å²) in [6, 6.07) is 8.53. The van der Waals surface area contributed by atoms with Gasteiger partial charge in [-0.3, -0.25) is 0 Å². The van der Waals surface area contributed by atoms with E-state index >= 15 is 0 Å². The Morgan fingerprint density at radius 3 is 3.05 bits per heavy atom. The number of fused-ring (bicyclic) bond motifs is 1. The molecule has 2 heterocycles. The summed E-state index contributed by atoms with van der Waals surface area (Å²) in [6.45, 7) is 4.69. The third-order valence-electron chi connectivity index (χ3n) is 3.71. The first kappa shape index (κ1) is 12.2. The van der Waals surface area contributed by atoms with Crippen molar-refractivity contribution in [3.63, 3.8) is 0 Å². The molecule has 1 atom stereocenters. The maximum atomic E-state index is 6.18. The third-order valence-corrected chi connectivity index (χ3v) is 3.71. The molecule has 5 heteroatoms. The summed E-state index contributed by atoms with van der Waals surface area (Å²) in [7, 11) is 0. The Kier molecular flexibility index (Phi) is 3.21. The van der Waals surface area contributed by atoms with Crippen LogP contribution < -0.4 is 10.6 Å². The van der Waals surface area contributed by atoms with Crippen molar-refractivity contribution in [1.29, 1.82) is 0 Å². The smallest absolute Gasteiger partial charge is 0.146 e. The SMILES string of the molecule is CCn1ncnc1CN1CCC(N)c2ccccc21. The highest BCUT2D eigenvalue weighted by atomic mass is 15.3. The lowest BCUT2D eigenvalue weighted by Gasteiger charge is -2.34. The van der Waals surface area contributed by atoms with Crippen molar-refractivity contribution in [2.75, 3.05) is 11.4 Å². The van der Waals surface area contributed by atoms with Crippen LogP contribution in [-0.4, -0.2) is 21.3 Å². The number of nitrogens with zero attached hydrogens (tertiary/aromatic N) is 4. The molecule has 1 aromatic carbocycles. The number of rotatable bonds is 3. The van der Waals surface area contributed by atoms with E-state index in [0.717, 1.165) is 31.9 Å². The van der Waals surface area contributed by atoms with Crippen LogP contribution in [0.15, 0.2) is 30.6 Å². The lowest BCUT2D eigenvalue weighted by molar-refractivity contribution is 0.558. The lowest BCUT2D eigenvalue weighted by Crippen LogP contribution is -2.34. The van der Waals surface area contributed by atoms with Crippen molar-refractivity contribution in [2.24, 2.45) is 5.73 Å². The molecule has 3 rings (SSSR count). The quantitative estimate of drug-likeness (QED) is 0.909. The number of para-hydroxylation sites is 1. The lowest BCUT2D eigenvalue weighted by atomic mass is 9.97. The van der Waals surface area contributed by atoms with Gasteiger partial charge in [-0.1, -0.05) is 18.2 Å². The van der Waals surface area contributed by atoms with Gasteiger partial charge >= 0.3 is 0 Å². The molecule has 0 spiro atoms. The van der Waals surface area contributed by atoms with Gasteiger partial charge in [-0.25, -0.2) is 9.67 Å². The summed E-state index contributed by atoms with van der Waals surface area (Å²) in [6.07, 6.45) is 2.61. The predicted molar refractivity (Wildman–Crippen MR) is 74.7 cm³/mol. The molecule has 1 unspecified atom stereocenters. The second kappa shape index (κ2) is 5.01. The number of aromatic nitrogens is 3. The zero-order chi connectivity index (χ0) is 13.2. The highest BCUT2D eigenvalue weighted by Crippen LogP contribution is 2.32. The van der Waals surface area contributed by atoms with E-state index in [0.29, 0.717) is 0 Å². The Morgan fingerprint density at radius 1 is 1.37 bits per heavy atom. The van der Waals surface area contributed by atoms with E-state index in [1.54, 1.807) is 6.33 Å². The van der Waals surface area contributed by atoms with Gasteiger partial charge in [0.25, 0.3) is 0 Å². The minimum absolute atomic E-state index is 0.150. The average Bonchev–Trinajstić information content (AvgIpc) is 2.89. The molecule has 2 aromatic rings. The summed E-state index contributed by atoms with van der Waals surface area (Å²) in [5.41, 5.74) is 8.64. The van der Waals surface area contributed by atoms with Crippen molar-refractivity contribution in [2.45, 2.75) is 32.5 Å². The molecule has 0 fully saturated rings. The van der Waals surface area contributed by atoms with E-state index < -0.39 is 0 Å². The highest BCUT2D eigenvalue weighted by Gasteiger charge is 2.23. The maximum absolute atomic E-state index is 6.18. The summed E-state index contributed by atoms with van der Waals surface area (Å²) >= 11 is 0. The second-order valence-electron chi connectivity index (χ2n) is 4.87. The molecular weight excluding hydrogens is 238 g/mol. The van der Waals surface area contributed by atoms with Crippen LogP contribution in [0.5, 0.6) is 0 Å². The fourth-order valence-corrected chi connectivity index (χ4v) is 2.67. The van der Waals surface area contributed by atoms with Gasteiger partial charge in [-0.05, 0) is 25.0 Å². The topological polar surface area (TPSA) is 60.0 Å². The van der Waals surface area contributed by atoms with E-state index in [9.17, 15) is 0 Å². The minimum atomic E-state index is 0.150. The van der Waals surface area contributed by atoms with Gasteiger partial charge in [-0.2, -0.15) is 5.10 Å². The Balaban J connectivity index is 1.89. The fraction of sp³-hybridized carbons (Fsp3) is 0.429. The zero-order valence-electron chi connectivity index (χ0n) is 11.2. The second-order valence-corrected chi connectivity index (χ2v) is 4.87. The summed E-state index contributed by atoms with van der Waals surface area (Å²) in [5.74, 6) is 1.01. The molecule has 0 aliphatic carbocycles. The molecule has 0 saturated heterocycles. The van der Waals surface area contributed by atoms with Crippen molar-refractivity contribution < 1.29 is 0 Å². The number of hydrogen-bond donors (Lipinski definition) is 1. The van der Waals surface area contributed by atoms with E-state index in [1.165, 1.54) is 11.3 Å². The van der Waals surface area contributed by atoms with Crippen LogP contribution >= 0.6 is 0 Å². The molecule has 1 aliphatic heterocycles. The van der Waals surface area contributed by atoms with Gasteiger partial charge in [0, 0.05) is 24.8 Å². The standard InChI is InChI=1S/C14H19N5/c1-2-19-14(16-10-17-19)9-18-8-7-12(15)11-5-3-4-6-13(11)18/h3-6,10,12H,2,7-9,15H2,1H3. The first-order chi connectivity index (χ1) is 9.29. The summed E-state index contributed by atoms with van der Waals surface area (Å²) in [4.78, 5) is 6.69. The molecule has 0 bridgehead atoms. The van der Waals surface area contributed by atoms with Gasteiger partial charge in [0.1, 0.15) is 12.2 Å². The predicted octanol–water partition coefficient (Wildman–Crippen LogP) is 1.71. The normalized spacial score (nSPS) is 18.4. The van der Waals surface area contributed by atoms with E-state index in [-0.39, 0.29) is 6.04 Å². The number of benzene rings is 1. The van der Waals surface area contributed by atoms with Crippen LogP contribution in [0.3, 0.4) is 0 Å². The van der Waals surface area contributed by atoms with Crippen molar-refractivity contribution in [1.82, 2.24) is 14.8 Å². The Bertz CT molecular complexity index is 562. The van der Waals surface area contributed by atoms with Crippen LogP contribution in [0.25, 0.3) is 0 Å². The van der Waals surface area contributed by atoms with Crippen LogP contribution in [0.1, 0.15) is 30.8 Å². The van der Waals surface area contributed by atoms with E-state index in [1.807, 2.05) is 4.68 Å². The molecule has 0 radical (unpaired) electrons. The third kappa shape index (κ3) is 2.21. The molecule has 5 nitrogen and oxygen atoms in total. The molecular formula is C14H19N5. The number of hydrogen-bond acceptors (Lipinski definition) is 4. The zero-order valence-corrected chi connectivity index (χ0v) is 11.2.